The van der Waals surface area contributed by atoms with E-state index in [1.165, 1.54) is 18.2 Å². The number of hydrogen-bond acceptors (Lipinski definition) is 5. The minimum Gasteiger partial charge on any atom is -0.494 e. The average Bonchev–Trinajstić information content (AvgIpc) is 2.86. The number of carboxylic acids is 1. The molecule has 0 radical (unpaired) electrons. The SMILES string of the molecule is Cl.O=C(NC(Cc1ccc2cc(OCCCN3CCNCC3)ccc2c1)C(=O)O)c1cc(Cl)cc(Cl)c1. The maximum Gasteiger partial charge on any atom is 0.326 e. The van der Waals surface area contributed by atoms with Gasteiger partial charge in [0.2, 0.25) is 0 Å². The molecule has 4 rings (SSSR count). The number of carboxylic acid groups (broad SMARTS) is 1. The van der Waals surface area contributed by atoms with E-state index in [-0.39, 0.29) is 24.4 Å². The molecule has 0 spiro atoms. The Morgan fingerprint density at radius 1 is 1.00 bits per heavy atom. The number of carbonyl (C=O) groups is 2. The Balaban J connectivity index is 0.00000380. The van der Waals surface area contributed by atoms with Crippen molar-refractivity contribution in [2.75, 3.05) is 39.3 Å². The molecule has 1 saturated heterocycles. The van der Waals surface area contributed by atoms with Gasteiger partial charge in [0, 0.05) is 54.8 Å². The van der Waals surface area contributed by atoms with Crippen molar-refractivity contribution in [1.29, 1.82) is 0 Å². The Kier molecular flexibility index (Phi) is 10.9. The van der Waals surface area contributed by atoms with E-state index < -0.39 is 17.9 Å². The van der Waals surface area contributed by atoms with Crippen LogP contribution in [0.15, 0.2) is 54.6 Å². The van der Waals surface area contributed by atoms with Crippen molar-refractivity contribution < 1.29 is 19.4 Å². The van der Waals surface area contributed by atoms with Gasteiger partial charge in [-0.05, 0) is 53.1 Å². The lowest BCUT2D eigenvalue weighted by atomic mass is 10.0. The van der Waals surface area contributed by atoms with E-state index in [4.69, 9.17) is 27.9 Å². The number of piperazine rings is 1. The maximum atomic E-state index is 12.6. The molecule has 1 aliphatic heterocycles. The number of amides is 1. The molecule has 1 aliphatic rings. The lowest BCUT2D eigenvalue weighted by Crippen LogP contribution is -2.43. The summed E-state index contributed by atoms with van der Waals surface area (Å²) in [7, 11) is 0. The highest BCUT2D eigenvalue weighted by atomic mass is 35.5. The second-order valence-electron chi connectivity index (χ2n) is 8.86. The summed E-state index contributed by atoms with van der Waals surface area (Å²) in [4.78, 5) is 26.9. The van der Waals surface area contributed by atoms with Crippen molar-refractivity contribution in [2.45, 2.75) is 18.9 Å². The smallest absolute Gasteiger partial charge is 0.326 e. The van der Waals surface area contributed by atoms with Gasteiger partial charge in [0.15, 0.2) is 0 Å². The van der Waals surface area contributed by atoms with Crippen LogP contribution in [0.5, 0.6) is 5.75 Å². The van der Waals surface area contributed by atoms with E-state index >= 15 is 0 Å². The molecule has 1 fully saturated rings. The number of fused-ring (bicyclic) bond motifs is 1. The Hall–Kier alpha value is -2.55. The first kappa shape index (κ1) is 29.0. The summed E-state index contributed by atoms with van der Waals surface area (Å²) < 4.78 is 5.95. The molecule has 1 heterocycles. The van der Waals surface area contributed by atoms with Crippen molar-refractivity contribution in [1.82, 2.24) is 15.5 Å². The molecule has 10 heteroatoms. The first-order chi connectivity index (χ1) is 17.4. The third-order valence-corrected chi connectivity index (χ3v) is 6.58. The molecular formula is C27H30Cl3N3O4. The highest BCUT2D eigenvalue weighted by Gasteiger charge is 2.22. The van der Waals surface area contributed by atoms with Crippen LogP contribution in [-0.2, 0) is 11.2 Å². The van der Waals surface area contributed by atoms with Crippen molar-refractivity contribution in [3.05, 3.63) is 75.8 Å². The number of benzene rings is 3. The third-order valence-electron chi connectivity index (χ3n) is 6.14. The van der Waals surface area contributed by atoms with Crippen LogP contribution in [0.4, 0.5) is 0 Å². The number of carbonyl (C=O) groups excluding carboxylic acids is 1. The van der Waals surface area contributed by atoms with Gasteiger partial charge in [-0.25, -0.2) is 4.79 Å². The quantitative estimate of drug-likeness (QED) is 0.309. The van der Waals surface area contributed by atoms with Crippen LogP contribution in [0.25, 0.3) is 10.8 Å². The van der Waals surface area contributed by atoms with Crippen molar-refractivity contribution in [3.63, 3.8) is 0 Å². The zero-order valence-corrected chi connectivity index (χ0v) is 22.5. The fraction of sp³-hybridized carbons (Fsp3) is 0.333. The number of hydrogen-bond donors (Lipinski definition) is 3. The van der Waals surface area contributed by atoms with Crippen molar-refractivity contribution >= 4 is 58.3 Å². The summed E-state index contributed by atoms with van der Waals surface area (Å²) >= 11 is 11.9. The van der Waals surface area contributed by atoms with Crippen LogP contribution in [-0.4, -0.2) is 67.3 Å². The van der Waals surface area contributed by atoms with Crippen LogP contribution in [0, 0.1) is 0 Å². The summed E-state index contributed by atoms with van der Waals surface area (Å²) in [5.41, 5.74) is 1.00. The molecule has 1 unspecified atom stereocenters. The summed E-state index contributed by atoms with van der Waals surface area (Å²) in [5.74, 6) is -0.862. The maximum absolute atomic E-state index is 12.6. The number of rotatable bonds is 10. The Bertz CT molecular complexity index is 1210. The van der Waals surface area contributed by atoms with Crippen LogP contribution in [0.2, 0.25) is 10.0 Å². The Morgan fingerprint density at radius 3 is 2.38 bits per heavy atom. The van der Waals surface area contributed by atoms with Crippen LogP contribution >= 0.6 is 35.6 Å². The van der Waals surface area contributed by atoms with E-state index in [9.17, 15) is 14.7 Å². The summed E-state index contributed by atoms with van der Waals surface area (Å²) in [6, 6.07) is 14.9. The molecule has 7 nitrogen and oxygen atoms in total. The number of nitrogens with zero attached hydrogens (tertiary/aromatic N) is 1. The topological polar surface area (TPSA) is 90.9 Å². The highest BCUT2D eigenvalue weighted by Crippen LogP contribution is 2.23. The summed E-state index contributed by atoms with van der Waals surface area (Å²) in [6.07, 6.45) is 1.11. The first-order valence-corrected chi connectivity index (χ1v) is 12.7. The summed E-state index contributed by atoms with van der Waals surface area (Å²) in [5, 5.41) is 18.2. The number of aliphatic carboxylic acids is 1. The lowest BCUT2D eigenvalue weighted by molar-refractivity contribution is -0.139. The third kappa shape index (κ3) is 8.48. The molecule has 3 aromatic rings. The molecule has 0 aliphatic carbocycles. The molecule has 0 saturated carbocycles. The van der Waals surface area contributed by atoms with Gasteiger partial charge in [0.05, 0.1) is 6.61 Å². The Morgan fingerprint density at radius 2 is 1.68 bits per heavy atom. The molecular weight excluding hydrogens is 537 g/mol. The van der Waals surface area contributed by atoms with E-state index in [0.29, 0.717) is 16.7 Å². The van der Waals surface area contributed by atoms with Gasteiger partial charge in [-0.1, -0.05) is 47.5 Å². The molecule has 198 valence electrons. The van der Waals surface area contributed by atoms with E-state index in [1.54, 1.807) is 0 Å². The minimum absolute atomic E-state index is 0. The van der Waals surface area contributed by atoms with Crippen LogP contribution < -0.4 is 15.4 Å². The van der Waals surface area contributed by atoms with E-state index in [0.717, 1.165) is 61.2 Å². The van der Waals surface area contributed by atoms with Gasteiger partial charge < -0.3 is 25.4 Å². The van der Waals surface area contributed by atoms with Gasteiger partial charge in [-0.2, -0.15) is 0 Å². The van der Waals surface area contributed by atoms with Crippen molar-refractivity contribution in [3.8, 4) is 5.75 Å². The van der Waals surface area contributed by atoms with Crippen LogP contribution in [0.1, 0.15) is 22.3 Å². The Labute approximate surface area is 232 Å². The number of ether oxygens (including phenoxy) is 1. The lowest BCUT2D eigenvalue weighted by Gasteiger charge is -2.26. The molecule has 0 bridgehead atoms. The number of halogens is 3. The van der Waals surface area contributed by atoms with Crippen molar-refractivity contribution in [2.24, 2.45) is 0 Å². The average molecular weight is 567 g/mol. The standard InChI is InChI=1S/C27H29Cl2N3O4.ClH/c28-22-14-21(15-23(29)17-22)26(33)31-25(27(34)35)13-18-2-3-20-16-24(5-4-19(20)12-18)36-11-1-8-32-9-6-30-7-10-32;/h2-5,12,14-17,25,30H,1,6-11,13H2,(H,31,33)(H,34,35);1H. The fourth-order valence-corrected chi connectivity index (χ4v) is 4.79. The highest BCUT2D eigenvalue weighted by molar-refractivity contribution is 6.35. The molecule has 37 heavy (non-hydrogen) atoms. The predicted octanol–water partition coefficient (Wildman–Crippen LogP) is 4.67. The van der Waals surface area contributed by atoms with Crippen LogP contribution in [0.3, 0.4) is 0 Å². The second-order valence-corrected chi connectivity index (χ2v) is 9.74. The fourth-order valence-electron chi connectivity index (χ4n) is 4.27. The van der Waals surface area contributed by atoms with Gasteiger partial charge in [0.25, 0.3) is 5.91 Å². The molecule has 3 aromatic carbocycles. The van der Waals surface area contributed by atoms with Gasteiger partial charge >= 0.3 is 5.97 Å². The number of nitrogens with one attached hydrogen (secondary N) is 2. The second kappa shape index (κ2) is 13.8. The molecule has 1 atom stereocenters. The predicted molar refractivity (Wildman–Crippen MR) is 150 cm³/mol. The van der Waals surface area contributed by atoms with E-state index in [2.05, 4.69) is 15.5 Å². The monoisotopic (exact) mass is 565 g/mol. The minimum atomic E-state index is -1.12. The van der Waals surface area contributed by atoms with E-state index in [1.807, 2.05) is 36.4 Å². The molecule has 1 amide bonds. The summed E-state index contributed by atoms with van der Waals surface area (Å²) in [6.45, 7) is 5.95. The molecule has 3 N–H and O–H groups in total. The van der Waals surface area contributed by atoms with Gasteiger partial charge in [0.1, 0.15) is 11.8 Å². The first-order valence-electron chi connectivity index (χ1n) is 12.0. The normalized spacial score (nSPS) is 14.5. The zero-order valence-electron chi connectivity index (χ0n) is 20.2. The van der Waals surface area contributed by atoms with Gasteiger partial charge in [-0.3, -0.25) is 4.79 Å². The zero-order chi connectivity index (χ0) is 25.5. The molecule has 0 aromatic heterocycles. The van der Waals surface area contributed by atoms with Gasteiger partial charge in [-0.15, -0.1) is 12.4 Å². The largest absolute Gasteiger partial charge is 0.494 e.